The van der Waals surface area contributed by atoms with Gasteiger partial charge in [-0.25, -0.2) is 4.39 Å². The van der Waals surface area contributed by atoms with Gasteiger partial charge in [-0.05, 0) is 36.8 Å². The molecule has 4 nitrogen and oxygen atoms in total. The number of nitrogens with zero attached hydrogens (tertiary/aromatic N) is 1. The van der Waals surface area contributed by atoms with Gasteiger partial charge in [0.2, 0.25) is 0 Å². The molecule has 4 N–H and O–H groups in total. The molecule has 0 aromatic heterocycles. The number of hydrogen-bond acceptors (Lipinski definition) is 4. The lowest BCUT2D eigenvalue weighted by Crippen LogP contribution is -2.36. The summed E-state index contributed by atoms with van der Waals surface area (Å²) in [6.45, 7) is 4.43. The van der Waals surface area contributed by atoms with Crippen molar-refractivity contribution in [1.29, 1.82) is 0 Å². The van der Waals surface area contributed by atoms with Crippen LogP contribution >= 0.6 is 11.6 Å². The molecule has 0 heterocycles. The van der Waals surface area contributed by atoms with Gasteiger partial charge in [-0.1, -0.05) is 31.9 Å². The topological polar surface area (TPSA) is 72.3 Å². The smallest absolute Gasteiger partial charge is 0.132 e. The van der Waals surface area contributed by atoms with Crippen molar-refractivity contribution in [3.05, 3.63) is 52.6 Å². The molecule has 1 aromatic carbocycles. The minimum absolute atomic E-state index is 0.220. The Morgan fingerprint density at radius 3 is 2.62 bits per heavy atom. The first kappa shape index (κ1) is 20.0. The normalized spacial score (nSPS) is 15.0. The van der Waals surface area contributed by atoms with Gasteiger partial charge in [0.25, 0.3) is 0 Å². The molecule has 0 saturated heterocycles. The maximum absolute atomic E-state index is 13.8. The average molecular weight is 354 g/mol. The van der Waals surface area contributed by atoms with E-state index in [0.29, 0.717) is 17.4 Å². The summed E-state index contributed by atoms with van der Waals surface area (Å²) in [5.74, 6) is -0.0190. The van der Waals surface area contributed by atoms with E-state index in [1.54, 1.807) is 18.0 Å². The fourth-order valence-corrected chi connectivity index (χ4v) is 2.66. The van der Waals surface area contributed by atoms with E-state index >= 15 is 0 Å². The van der Waals surface area contributed by atoms with Crippen LogP contribution in [0.4, 0.5) is 4.39 Å². The van der Waals surface area contributed by atoms with Crippen molar-refractivity contribution in [1.82, 2.24) is 4.90 Å². The van der Waals surface area contributed by atoms with Crippen molar-refractivity contribution in [2.75, 3.05) is 13.6 Å². The van der Waals surface area contributed by atoms with Gasteiger partial charge in [-0.15, -0.1) is 0 Å². The minimum atomic E-state index is -0.462. The highest BCUT2D eigenvalue weighted by Gasteiger charge is 2.24. The van der Waals surface area contributed by atoms with E-state index in [1.807, 2.05) is 13.8 Å². The van der Waals surface area contributed by atoms with E-state index in [9.17, 15) is 9.18 Å². The predicted octanol–water partition coefficient (Wildman–Crippen LogP) is 3.52. The number of benzene rings is 1. The number of carbonyl (C=O) groups excluding carboxylic acids is 1. The third kappa shape index (κ3) is 5.57. The minimum Gasteiger partial charge on any atom is -0.398 e. The largest absolute Gasteiger partial charge is 0.398 e. The number of hydrogen-bond donors (Lipinski definition) is 2. The van der Waals surface area contributed by atoms with Gasteiger partial charge in [0.1, 0.15) is 12.1 Å². The van der Waals surface area contributed by atoms with E-state index in [1.165, 1.54) is 24.3 Å². The molecule has 1 atom stereocenters. The lowest BCUT2D eigenvalue weighted by atomic mass is 9.87. The monoisotopic (exact) mass is 353 g/mol. The number of carbonyl (C=O) groups is 1. The van der Waals surface area contributed by atoms with Crippen molar-refractivity contribution in [2.24, 2.45) is 16.9 Å². The fourth-order valence-electron chi connectivity index (χ4n) is 2.49. The summed E-state index contributed by atoms with van der Waals surface area (Å²) in [5, 5.41) is 0.401. The van der Waals surface area contributed by atoms with Gasteiger partial charge in [0, 0.05) is 35.3 Å². The standard InChI is InChI=1S/C18H25ClFN3O/c1-4-9-18(2,12-24)11-23(3)17(22)8-7-16(21)14-10-13(19)5-6-15(14)20/h5-8,10,12H,4,9,11,21-22H2,1-3H3/b16-7-,17-8+. The zero-order valence-electron chi connectivity index (χ0n) is 14.4. The summed E-state index contributed by atoms with van der Waals surface area (Å²) in [7, 11) is 1.80. The molecule has 1 aromatic rings. The molecule has 0 saturated carbocycles. The zero-order chi connectivity index (χ0) is 18.3. The van der Waals surface area contributed by atoms with Crippen molar-refractivity contribution < 1.29 is 9.18 Å². The van der Waals surface area contributed by atoms with Gasteiger partial charge < -0.3 is 21.2 Å². The average Bonchev–Trinajstić information content (AvgIpc) is 2.54. The Kier molecular flexibility index (Phi) is 7.29. The van der Waals surface area contributed by atoms with E-state index in [-0.39, 0.29) is 11.3 Å². The highest BCUT2D eigenvalue weighted by atomic mass is 35.5. The molecule has 0 aliphatic carbocycles. The molecule has 0 spiro atoms. The van der Waals surface area contributed by atoms with Crippen LogP contribution in [0.25, 0.3) is 5.70 Å². The number of halogens is 2. The van der Waals surface area contributed by atoms with Crippen molar-refractivity contribution in [3.8, 4) is 0 Å². The summed E-state index contributed by atoms with van der Waals surface area (Å²) >= 11 is 5.86. The van der Waals surface area contributed by atoms with Crippen LogP contribution in [-0.4, -0.2) is 24.8 Å². The van der Waals surface area contributed by atoms with E-state index < -0.39 is 11.2 Å². The number of aldehydes is 1. The van der Waals surface area contributed by atoms with E-state index in [2.05, 4.69) is 0 Å². The van der Waals surface area contributed by atoms with E-state index in [4.69, 9.17) is 23.1 Å². The Morgan fingerprint density at radius 2 is 2.04 bits per heavy atom. The molecule has 0 fully saturated rings. The van der Waals surface area contributed by atoms with Crippen molar-refractivity contribution in [3.63, 3.8) is 0 Å². The molecule has 0 bridgehead atoms. The number of nitrogens with two attached hydrogens (primary N) is 2. The molecule has 1 rings (SSSR count). The predicted molar refractivity (Wildman–Crippen MR) is 97.6 cm³/mol. The SMILES string of the molecule is CCCC(C)(C=O)CN(C)/C(N)=C/C=C(\N)c1cc(Cl)ccc1F. The molecule has 0 amide bonds. The van der Waals surface area contributed by atoms with Crippen LogP contribution < -0.4 is 11.5 Å². The Balaban J connectivity index is 2.91. The molecule has 0 aliphatic rings. The highest BCUT2D eigenvalue weighted by molar-refractivity contribution is 6.30. The Hall–Kier alpha value is -2.01. The molecule has 132 valence electrons. The Morgan fingerprint density at radius 1 is 1.38 bits per heavy atom. The van der Waals surface area contributed by atoms with Crippen LogP contribution in [0.5, 0.6) is 0 Å². The van der Waals surface area contributed by atoms with Crippen molar-refractivity contribution >= 4 is 23.6 Å². The molecule has 24 heavy (non-hydrogen) atoms. The third-order valence-corrected chi connectivity index (χ3v) is 4.05. The first-order valence-electron chi connectivity index (χ1n) is 7.78. The fraction of sp³-hybridized carbons (Fsp3) is 0.389. The molecule has 0 radical (unpaired) electrons. The van der Waals surface area contributed by atoms with Crippen LogP contribution in [0.15, 0.2) is 36.2 Å². The van der Waals surface area contributed by atoms with Crippen LogP contribution in [0.1, 0.15) is 32.3 Å². The maximum atomic E-state index is 13.8. The second kappa shape index (κ2) is 8.73. The number of allylic oxidation sites excluding steroid dienone is 2. The van der Waals surface area contributed by atoms with Gasteiger partial charge in [-0.3, -0.25) is 0 Å². The lowest BCUT2D eigenvalue weighted by molar-refractivity contribution is -0.116. The second-order valence-corrected chi connectivity index (χ2v) is 6.65. The van der Waals surface area contributed by atoms with Crippen LogP contribution in [0.2, 0.25) is 5.02 Å². The number of rotatable bonds is 8. The maximum Gasteiger partial charge on any atom is 0.132 e. The van der Waals surface area contributed by atoms with Crippen LogP contribution in [0.3, 0.4) is 0 Å². The summed E-state index contributed by atoms with van der Waals surface area (Å²) < 4.78 is 13.8. The van der Waals surface area contributed by atoms with Gasteiger partial charge >= 0.3 is 0 Å². The van der Waals surface area contributed by atoms with E-state index in [0.717, 1.165) is 19.1 Å². The molecule has 6 heteroatoms. The summed E-state index contributed by atoms with van der Waals surface area (Å²) in [6.07, 6.45) is 5.77. The van der Waals surface area contributed by atoms with Gasteiger partial charge in [-0.2, -0.15) is 0 Å². The first-order chi connectivity index (χ1) is 11.2. The summed E-state index contributed by atoms with van der Waals surface area (Å²) in [5.41, 5.74) is 11.9. The Bertz CT molecular complexity index is 645. The molecule has 0 aliphatic heterocycles. The highest BCUT2D eigenvalue weighted by Crippen LogP contribution is 2.23. The molecular weight excluding hydrogens is 329 g/mol. The summed E-state index contributed by atoms with van der Waals surface area (Å²) in [6, 6.07) is 4.18. The Labute approximate surface area is 148 Å². The molecule has 1 unspecified atom stereocenters. The van der Waals surface area contributed by atoms with Crippen LogP contribution in [-0.2, 0) is 4.79 Å². The van der Waals surface area contributed by atoms with Gasteiger partial charge in [0.15, 0.2) is 0 Å². The first-order valence-corrected chi connectivity index (χ1v) is 8.16. The van der Waals surface area contributed by atoms with Crippen molar-refractivity contribution in [2.45, 2.75) is 26.7 Å². The third-order valence-electron chi connectivity index (χ3n) is 3.82. The molecular formula is C18H25ClFN3O. The quantitative estimate of drug-likeness (QED) is 0.554. The second-order valence-electron chi connectivity index (χ2n) is 6.22. The zero-order valence-corrected chi connectivity index (χ0v) is 15.1. The van der Waals surface area contributed by atoms with Gasteiger partial charge in [0.05, 0.1) is 5.82 Å². The van der Waals surface area contributed by atoms with Crippen LogP contribution in [0, 0.1) is 11.2 Å². The lowest BCUT2D eigenvalue weighted by Gasteiger charge is -2.30. The summed E-state index contributed by atoms with van der Waals surface area (Å²) in [4.78, 5) is 13.1.